The maximum absolute atomic E-state index is 13.5. The number of hydrogen-bond donors (Lipinski definition) is 1. The molecule has 5 heteroatoms. The lowest BCUT2D eigenvalue weighted by Gasteiger charge is -2.20. The van der Waals surface area contributed by atoms with Crippen LogP contribution in [0.1, 0.15) is 18.1 Å². The number of amides is 2. The molecule has 0 fully saturated rings. The van der Waals surface area contributed by atoms with Gasteiger partial charge in [0.05, 0.1) is 6.54 Å². The van der Waals surface area contributed by atoms with Crippen molar-refractivity contribution >= 4 is 11.8 Å². The van der Waals surface area contributed by atoms with Gasteiger partial charge >= 0.3 is 0 Å². The lowest BCUT2D eigenvalue weighted by atomic mass is 10.1. The van der Waals surface area contributed by atoms with E-state index in [9.17, 15) is 14.0 Å². The van der Waals surface area contributed by atoms with E-state index in [-0.39, 0.29) is 24.2 Å². The smallest absolute Gasteiger partial charge is 0.239 e. The Hall–Kier alpha value is -2.69. The number of nitrogens with zero attached hydrogens (tertiary/aromatic N) is 1. The molecule has 0 bridgehead atoms. The lowest BCUT2D eigenvalue weighted by molar-refractivity contribution is -0.134. The van der Waals surface area contributed by atoms with Crippen molar-refractivity contribution < 1.29 is 14.0 Å². The fraction of sp³-hybridized carbons (Fsp3) is 0.300. The predicted octanol–water partition coefficient (Wildman–Crippen LogP) is 2.58. The molecular formula is C20H23FN2O2. The number of rotatable bonds is 8. The molecule has 2 aromatic rings. The van der Waals surface area contributed by atoms with Crippen LogP contribution < -0.4 is 5.32 Å². The highest BCUT2D eigenvalue weighted by Gasteiger charge is 2.13. The number of carbonyl (C=O) groups is 2. The van der Waals surface area contributed by atoms with Gasteiger partial charge in [-0.15, -0.1) is 0 Å². The summed E-state index contributed by atoms with van der Waals surface area (Å²) in [5.74, 6) is -0.648. The van der Waals surface area contributed by atoms with E-state index in [0.717, 1.165) is 5.56 Å². The number of benzene rings is 2. The number of carbonyl (C=O) groups excluding carboxylic acids is 2. The van der Waals surface area contributed by atoms with Crippen molar-refractivity contribution in [2.45, 2.75) is 19.8 Å². The molecular weight excluding hydrogens is 319 g/mol. The maximum atomic E-state index is 13.5. The topological polar surface area (TPSA) is 49.4 Å². The van der Waals surface area contributed by atoms with Gasteiger partial charge in [-0.25, -0.2) is 4.39 Å². The molecule has 2 aromatic carbocycles. The van der Waals surface area contributed by atoms with Gasteiger partial charge in [0.15, 0.2) is 0 Å². The van der Waals surface area contributed by atoms with Crippen molar-refractivity contribution in [3.63, 3.8) is 0 Å². The summed E-state index contributed by atoms with van der Waals surface area (Å²) in [5, 5.41) is 2.74. The average molecular weight is 342 g/mol. The van der Waals surface area contributed by atoms with Crippen molar-refractivity contribution in [1.82, 2.24) is 10.2 Å². The van der Waals surface area contributed by atoms with Gasteiger partial charge in [0.25, 0.3) is 0 Å². The molecule has 2 amide bonds. The Bertz CT molecular complexity index is 704. The Morgan fingerprint density at radius 3 is 2.36 bits per heavy atom. The van der Waals surface area contributed by atoms with E-state index >= 15 is 0 Å². The van der Waals surface area contributed by atoms with Crippen molar-refractivity contribution in [3.05, 3.63) is 71.5 Å². The van der Waals surface area contributed by atoms with Gasteiger partial charge in [-0.2, -0.15) is 0 Å². The zero-order valence-electron chi connectivity index (χ0n) is 14.4. The van der Waals surface area contributed by atoms with E-state index < -0.39 is 0 Å². The summed E-state index contributed by atoms with van der Waals surface area (Å²) in [4.78, 5) is 25.3. The minimum Gasteiger partial charge on any atom is -0.354 e. The minimum absolute atomic E-state index is 0.0133. The normalized spacial score (nSPS) is 10.3. The summed E-state index contributed by atoms with van der Waals surface area (Å²) in [7, 11) is 0. The van der Waals surface area contributed by atoms with Crippen LogP contribution in [-0.4, -0.2) is 36.3 Å². The van der Waals surface area contributed by atoms with Crippen LogP contribution in [0.4, 0.5) is 4.39 Å². The van der Waals surface area contributed by atoms with Crippen LogP contribution in [-0.2, 0) is 22.4 Å². The third-order valence-electron chi connectivity index (χ3n) is 3.97. The van der Waals surface area contributed by atoms with E-state index in [1.54, 1.807) is 18.2 Å². The number of nitrogens with one attached hydrogen (secondary N) is 1. The van der Waals surface area contributed by atoms with Gasteiger partial charge in [0.1, 0.15) is 5.82 Å². The van der Waals surface area contributed by atoms with Crippen LogP contribution in [0.3, 0.4) is 0 Å². The maximum Gasteiger partial charge on any atom is 0.239 e. The Morgan fingerprint density at radius 2 is 1.68 bits per heavy atom. The van der Waals surface area contributed by atoms with Gasteiger partial charge in [-0.3, -0.25) is 9.59 Å². The molecule has 25 heavy (non-hydrogen) atoms. The minimum atomic E-state index is -0.273. The second-order valence-electron chi connectivity index (χ2n) is 5.87. The third-order valence-corrected chi connectivity index (χ3v) is 3.97. The molecule has 0 unspecified atom stereocenters. The monoisotopic (exact) mass is 342 g/mol. The van der Waals surface area contributed by atoms with Gasteiger partial charge in [0, 0.05) is 20.0 Å². The molecule has 0 aliphatic carbocycles. The fourth-order valence-corrected chi connectivity index (χ4v) is 2.52. The molecule has 2 rings (SSSR count). The summed E-state index contributed by atoms with van der Waals surface area (Å²) in [6.45, 7) is 2.29. The first kappa shape index (κ1) is 18.6. The molecule has 0 heterocycles. The standard InChI is InChI=1S/C20H23FN2O2/c1-16(24)23(14-12-17-7-3-2-4-8-17)15-20(25)22-13-11-18-9-5-6-10-19(18)21/h2-10H,11-15H2,1H3,(H,22,25). The Kier molecular flexibility index (Phi) is 7.14. The van der Waals surface area contributed by atoms with Crippen molar-refractivity contribution in [1.29, 1.82) is 0 Å². The predicted molar refractivity (Wildman–Crippen MR) is 95.5 cm³/mol. The van der Waals surface area contributed by atoms with E-state index in [2.05, 4.69) is 5.32 Å². The van der Waals surface area contributed by atoms with E-state index in [1.165, 1.54) is 17.9 Å². The second kappa shape index (κ2) is 9.57. The molecule has 0 saturated heterocycles. The molecule has 0 radical (unpaired) electrons. The van der Waals surface area contributed by atoms with Gasteiger partial charge in [-0.1, -0.05) is 48.5 Å². The Morgan fingerprint density at radius 1 is 1.00 bits per heavy atom. The molecule has 0 atom stereocenters. The van der Waals surface area contributed by atoms with Gasteiger partial charge in [0.2, 0.25) is 11.8 Å². The number of hydrogen-bond acceptors (Lipinski definition) is 2. The highest BCUT2D eigenvalue weighted by atomic mass is 19.1. The lowest BCUT2D eigenvalue weighted by Crippen LogP contribution is -2.41. The van der Waals surface area contributed by atoms with Crippen molar-refractivity contribution in [3.8, 4) is 0 Å². The zero-order valence-corrected chi connectivity index (χ0v) is 14.4. The highest BCUT2D eigenvalue weighted by molar-refractivity contribution is 5.83. The zero-order chi connectivity index (χ0) is 18.1. The Balaban J connectivity index is 1.77. The van der Waals surface area contributed by atoms with E-state index in [0.29, 0.717) is 31.5 Å². The SMILES string of the molecule is CC(=O)N(CCc1ccccc1)CC(=O)NCCc1ccccc1F. The first-order valence-electron chi connectivity index (χ1n) is 8.36. The van der Waals surface area contributed by atoms with Gasteiger partial charge in [-0.05, 0) is 30.0 Å². The van der Waals surface area contributed by atoms with Crippen LogP contribution in [0.2, 0.25) is 0 Å². The van der Waals surface area contributed by atoms with E-state index in [4.69, 9.17) is 0 Å². The summed E-state index contributed by atoms with van der Waals surface area (Å²) in [5.41, 5.74) is 1.68. The summed E-state index contributed by atoms with van der Waals surface area (Å²) in [6, 6.07) is 16.3. The molecule has 0 saturated carbocycles. The molecule has 1 N–H and O–H groups in total. The fourth-order valence-electron chi connectivity index (χ4n) is 2.52. The molecule has 0 aliphatic heterocycles. The second-order valence-corrected chi connectivity index (χ2v) is 5.87. The molecule has 0 aromatic heterocycles. The first-order chi connectivity index (χ1) is 12.1. The van der Waals surface area contributed by atoms with Crippen LogP contribution in [0.15, 0.2) is 54.6 Å². The van der Waals surface area contributed by atoms with Crippen molar-refractivity contribution in [2.24, 2.45) is 0 Å². The van der Waals surface area contributed by atoms with Crippen LogP contribution in [0.25, 0.3) is 0 Å². The molecule has 4 nitrogen and oxygen atoms in total. The van der Waals surface area contributed by atoms with E-state index in [1.807, 2.05) is 30.3 Å². The number of halogens is 1. The summed E-state index contributed by atoms with van der Waals surface area (Å²) >= 11 is 0. The largest absolute Gasteiger partial charge is 0.354 e. The average Bonchev–Trinajstić information content (AvgIpc) is 2.61. The molecule has 0 aliphatic rings. The van der Waals surface area contributed by atoms with Gasteiger partial charge < -0.3 is 10.2 Å². The quantitative estimate of drug-likeness (QED) is 0.802. The van der Waals surface area contributed by atoms with Crippen LogP contribution >= 0.6 is 0 Å². The third kappa shape index (κ3) is 6.37. The molecule has 132 valence electrons. The summed E-state index contributed by atoms with van der Waals surface area (Å²) in [6.07, 6.45) is 1.12. The molecule has 0 spiro atoms. The first-order valence-corrected chi connectivity index (χ1v) is 8.36. The summed E-state index contributed by atoms with van der Waals surface area (Å²) < 4.78 is 13.5. The Labute approximate surface area is 147 Å². The highest BCUT2D eigenvalue weighted by Crippen LogP contribution is 2.06. The van der Waals surface area contributed by atoms with Crippen LogP contribution in [0.5, 0.6) is 0 Å². The van der Waals surface area contributed by atoms with Crippen LogP contribution in [0, 0.1) is 5.82 Å². The van der Waals surface area contributed by atoms with Crippen molar-refractivity contribution in [2.75, 3.05) is 19.6 Å².